The van der Waals surface area contributed by atoms with Gasteiger partial charge in [-0.05, 0) is 30.5 Å². The van der Waals surface area contributed by atoms with Gasteiger partial charge in [0.2, 0.25) is 10.0 Å². The third-order valence-electron chi connectivity index (χ3n) is 3.39. The summed E-state index contributed by atoms with van der Waals surface area (Å²) >= 11 is 0. The molecule has 0 aliphatic rings. The number of sulfonamides is 1. The number of nitrogens with two attached hydrogens (primary N) is 1. The molecular formula is C14H25N3O3S. The molecule has 0 aromatic heterocycles. The van der Waals surface area contributed by atoms with Crippen molar-refractivity contribution in [3.63, 3.8) is 0 Å². The lowest BCUT2D eigenvalue weighted by Crippen LogP contribution is -2.27. The summed E-state index contributed by atoms with van der Waals surface area (Å²) < 4.78 is 25.2. The third-order valence-corrected chi connectivity index (χ3v) is 5.20. The molecule has 0 aliphatic carbocycles. The molecule has 7 heteroatoms. The van der Waals surface area contributed by atoms with Crippen molar-refractivity contribution >= 4 is 21.4 Å². The van der Waals surface area contributed by atoms with Gasteiger partial charge in [0.15, 0.2) is 0 Å². The van der Waals surface area contributed by atoms with Crippen molar-refractivity contribution in [3.05, 3.63) is 18.2 Å². The molecule has 0 bridgehead atoms. The highest BCUT2D eigenvalue weighted by molar-refractivity contribution is 7.89. The van der Waals surface area contributed by atoms with Gasteiger partial charge in [0.1, 0.15) is 0 Å². The average molecular weight is 315 g/mol. The van der Waals surface area contributed by atoms with E-state index >= 15 is 0 Å². The number of hydrogen-bond acceptors (Lipinski definition) is 5. The number of benzene rings is 1. The fourth-order valence-corrected chi connectivity index (χ4v) is 2.89. The molecule has 0 fully saturated rings. The van der Waals surface area contributed by atoms with Crippen molar-refractivity contribution in [1.29, 1.82) is 0 Å². The number of aliphatic hydroxyl groups is 1. The molecule has 0 radical (unpaired) electrons. The minimum absolute atomic E-state index is 0.0774. The smallest absolute Gasteiger partial charge is 0.242 e. The second kappa shape index (κ2) is 7.11. The summed E-state index contributed by atoms with van der Waals surface area (Å²) in [6, 6.07) is 4.73. The van der Waals surface area contributed by atoms with Crippen LogP contribution in [0.5, 0.6) is 0 Å². The van der Waals surface area contributed by atoms with E-state index in [0.29, 0.717) is 23.7 Å². The zero-order valence-electron chi connectivity index (χ0n) is 13.0. The van der Waals surface area contributed by atoms with Crippen LogP contribution in [0.4, 0.5) is 11.4 Å². The topological polar surface area (TPSA) is 95.7 Å². The Labute approximate surface area is 127 Å². The van der Waals surface area contributed by atoms with Crippen molar-refractivity contribution in [2.75, 3.05) is 31.8 Å². The summed E-state index contributed by atoms with van der Waals surface area (Å²) in [5.74, 6) is 0.321. The van der Waals surface area contributed by atoms with Gasteiger partial charge in [-0.25, -0.2) is 12.7 Å². The number of nitrogen functional groups attached to an aromatic ring is 1. The second-order valence-corrected chi connectivity index (χ2v) is 7.70. The Morgan fingerprint density at radius 1 is 1.33 bits per heavy atom. The van der Waals surface area contributed by atoms with Crippen LogP contribution < -0.4 is 11.1 Å². The van der Waals surface area contributed by atoms with E-state index < -0.39 is 10.0 Å². The summed E-state index contributed by atoms with van der Waals surface area (Å²) in [5.41, 5.74) is 7.01. The summed E-state index contributed by atoms with van der Waals surface area (Å²) in [6.07, 6.45) is 0.606. The van der Waals surface area contributed by atoms with Crippen LogP contribution in [0.3, 0.4) is 0 Å². The fourth-order valence-electron chi connectivity index (χ4n) is 1.95. The first-order valence-corrected chi connectivity index (χ1v) is 8.33. The van der Waals surface area contributed by atoms with Gasteiger partial charge >= 0.3 is 0 Å². The first-order valence-electron chi connectivity index (χ1n) is 6.89. The number of nitrogens with zero attached hydrogens (tertiary/aromatic N) is 1. The summed E-state index contributed by atoms with van der Waals surface area (Å²) in [4.78, 5) is 0.166. The molecule has 1 unspecified atom stereocenters. The highest BCUT2D eigenvalue weighted by Crippen LogP contribution is 2.26. The maximum absolute atomic E-state index is 12.0. The van der Waals surface area contributed by atoms with Crippen LogP contribution in [0, 0.1) is 5.92 Å². The molecule has 6 nitrogen and oxygen atoms in total. The molecule has 0 aliphatic heterocycles. The Kier molecular flexibility index (Phi) is 6.00. The lowest BCUT2D eigenvalue weighted by atomic mass is 10.0. The monoisotopic (exact) mass is 315 g/mol. The zero-order valence-corrected chi connectivity index (χ0v) is 13.8. The van der Waals surface area contributed by atoms with E-state index in [1.165, 1.54) is 26.2 Å². The Balaban J connectivity index is 3.03. The minimum atomic E-state index is -3.49. The van der Waals surface area contributed by atoms with Crippen molar-refractivity contribution in [1.82, 2.24) is 4.31 Å². The van der Waals surface area contributed by atoms with Crippen LogP contribution in [-0.2, 0) is 10.0 Å². The Morgan fingerprint density at radius 3 is 2.38 bits per heavy atom. The maximum atomic E-state index is 12.0. The van der Waals surface area contributed by atoms with Crippen molar-refractivity contribution in [2.24, 2.45) is 5.92 Å². The molecule has 0 saturated heterocycles. The normalized spacial score (nSPS) is 13.7. The number of rotatable bonds is 7. The lowest BCUT2D eigenvalue weighted by Gasteiger charge is -2.24. The van der Waals surface area contributed by atoms with Gasteiger partial charge in [-0.15, -0.1) is 0 Å². The lowest BCUT2D eigenvalue weighted by molar-refractivity contribution is 0.267. The number of aliphatic hydroxyl groups excluding tert-OH is 1. The van der Waals surface area contributed by atoms with E-state index in [1.807, 2.05) is 13.8 Å². The van der Waals surface area contributed by atoms with E-state index in [2.05, 4.69) is 5.32 Å². The van der Waals surface area contributed by atoms with Crippen LogP contribution in [-0.4, -0.2) is 44.6 Å². The minimum Gasteiger partial charge on any atom is -0.397 e. The first-order chi connectivity index (χ1) is 9.70. The van der Waals surface area contributed by atoms with Gasteiger partial charge in [0.05, 0.1) is 16.3 Å². The number of hydrogen-bond donors (Lipinski definition) is 3. The van der Waals surface area contributed by atoms with Crippen molar-refractivity contribution < 1.29 is 13.5 Å². The van der Waals surface area contributed by atoms with Gasteiger partial charge < -0.3 is 16.2 Å². The summed E-state index contributed by atoms with van der Waals surface area (Å²) in [5, 5.41) is 12.4. The SMILES string of the molecule is CC(C)C(CCO)Nc1ccc(S(=O)(=O)N(C)C)cc1N. The van der Waals surface area contributed by atoms with E-state index in [9.17, 15) is 8.42 Å². The first kappa shape index (κ1) is 17.7. The van der Waals surface area contributed by atoms with E-state index in [0.717, 1.165) is 4.31 Å². The molecule has 0 spiro atoms. The van der Waals surface area contributed by atoms with Gasteiger partial charge in [-0.1, -0.05) is 13.8 Å². The molecule has 1 aromatic carbocycles. The number of nitrogens with one attached hydrogen (secondary N) is 1. The fraction of sp³-hybridized carbons (Fsp3) is 0.571. The Hall–Kier alpha value is -1.31. The highest BCUT2D eigenvalue weighted by atomic mass is 32.2. The predicted octanol–water partition coefficient (Wildman–Crippen LogP) is 1.34. The summed E-state index contributed by atoms with van der Waals surface area (Å²) in [6.45, 7) is 4.19. The molecule has 0 amide bonds. The molecule has 1 aromatic rings. The van der Waals surface area contributed by atoms with E-state index in [4.69, 9.17) is 10.8 Å². The van der Waals surface area contributed by atoms with Crippen LogP contribution in [0.1, 0.15) is 20.3 Å². The van der Waals surface area contributed by atoms with Crippen LogP contribution >= 0.6 is 0 Å². The van der Waals surface area contributed by atoms with Crippen molar-refractivity contribution in [2.45, 2.75) is 31.2 Å². The second-order valence-electron chi connectivity index (χ2n) is 5.54. The maximum Gasteiger partial charge on any atom is 0.242 e. The Bertz CT molecular complexity index is 571. The van der Waals surface area contributed by atoms with E-state index in [-0.39, 0.29) is 17.5 Å². The molecule has 0 heterocycles. The van der Waals surface area contributed by atoms with Gasteiger partial charge in [-0.3, -0.25) is 0 Å². The zero-order chi connectivity index (χ0) is 16.2. The standard InChI is InChI=1S/C14H25N3O3S/c1-10(2)13(7-8-18)16-14-6-5-11(9-12(14)15)21(19,20)17(3)4/h5-6,9-10,13,16,18H,7-8,15H2,1-4H3. The Morgan fingerprint density at radius 2 is 1.95 bits per heavy atom. The number of anilines is 2. The molecule has 120 valence electrons. The predicted molar refractivity (Wildman–Crippen MR) is 85.7 cm³/mol. The molecule has 1 rings (SSSR count). The van der Waals surface area contributed by atoms with Crippen LogP contribution in [0.25, 0.3) is 0 Å². The quantitative estimate of drug-likeness (QED) is 0.660. The molecule has 0 saturated carbocycles. The molecular weight excluding hydrogens is 290 g/mol. The van der Waals surface area contributed by atoms with Crippen LogP contribution in [0.2, 0.25) is 0 Å². The van der Waals surface area contributed by atoms with Crippen molar-refractivity contribution in [3.8, 4) is 0 Å². The largest absolute Gasteiger partial charge is 0.397 e. The van der Waals surface area contributed by atoms with Gasteiger partial charge in [-0.2, -0.15) is 0 Å². The van der Waals surface area contributed by atoms with Gasteiger partial charge in [0.25, 0.3) is 0 Å². The highest BCUT2D eigenvalue weighted by Gasteiger charge is 2.19. The third kappa shape index (κ3) is 4.33. The molecule has 1 atom stereocenters. The summed E-state index contributed by atoms with van der Waals surface area (Å²) in [7, 11) is -0.526. The molecule has 4 N–H and O–H groups in total. The van der Waals surface area contributed by atoms with Gasteiger partial charge in [0, 0.05) is 26.7 Å². The van der Waals surface area contributed by atoms with Crippen LogP contribution in [0.15, 0.2) is 23.1 Å². The average Bonchev–Trinajstić information content (AvgIpc) is 2.39. The van der Waals surface area contributed by atoms with E-state index in [1.54, 1.807) is 6.07 Å². The molecule has 21 heavy (non-hydrogen) atoms.